The number of hydrogen-bond acceptors (Lipinski definition) is 10. The van der Waals surface area contributed by atoms with E-state index < -0.39 is 11.6 Å². The van der Waals surface area contributed by atoms with Crippen molar-refractivity contribution < 1.29 is 38.4 Å². The van der Waals surface area contributed by atoms with Crippen molar-refractivity contribution in [2.75, 3.05) is 0 Å². The average molecular weight is 961 g/mol. The third-order valence-corrected chi connectivity index (χ3v) is 15.5. The smallest absolute Gasteiger partial charge is 0.343 e. The Labute approximate surface area is 416 Å². The summed E-state index contributed by atoms with van der Waals surface area (Å²) in [5, 5.41) is 12.1. The summed E-state index contributed by atoms with van der Waals surface area (Å²) in [5.41, 5.74) is 4.16. The molecule has 0 bridgehead atoms. The van der Waals surface area contributed by atoms with Gasteiger partial charge in [-0.2, -0.15) is 0 Å². The van der Waals surface area contributed by atoms with E-state index in [-0.39, 0.29) is 47.3 Å². The SMILES string of the molecule is CCc1c2c(nc3ccc(OC(=O)CCCCCCCCC(=O)Oc4cc(C)c5c(c4)CC[C@@](C)(CCC[C@H](C)CCC[C@H](C)CCCC(C)C)O5)cc13)-c1cc3c(c(=O)n1C2)COC(=O)[C@]3(O)CC. The summed E-state index contributed by atoms with van der Waals surface area (Å²) in [7, 11) is 0. The first-order valence-corrected chi connectivity index (χ1v) is 26.9. The first kappa shape index (κ1) is 52.8. The summed E-state index contributed by atoms with van der Waals surface area (Å²) >= 11 is 0. The number of ether oxygens (including phenoxy) is 4. The molecular formula is C59H80N2O9. The topological polar surface area (TPSA) is 143 Å². The summed E-state index contributed by atoms with van der Waals surface area (Å²) in [6.07, 6.45) is 20.1. The number of rotatable bonds is 25. The van der Waals surface area contributed by atoms with Gasteiger partial charge in [0.1, 0.15) is 29.5 Å². The quantitative estimate of drug-likeness (QED) is 0.0341. The van der Waals surface area contributed by atoms with Crippen LogP contribution in [0.15, 0.2) is 41.2 Å². The van der Waals surface area contributed by atoms with Crippen LogP contribution in [-0.4, -0.2) is 38.2 Å². The molecule has 3 aliphatic heterocycles. The molecule has 1 N–H and O–H groups in total. The third-order valence-electron chi connectivity index (χ3n) is 15.5. The van der Waals surface area contributed by atoms with Gasteiger partial charge in [0, 0.05) is 29.4 Å². The van der Waals surface area contributed by atoms with E-state index in [2.05, 4.69) is 41.5 Å². The first-order valence-electron chi connectivity index (χ1n) is 26.9. The number of carbonyl (C=O) groups excluding carboxylic acids is 3. The summed E-state index contributed by atoms with van der Waals surface area (Å²) < 4.78 is 25.2. The van der Waals surface area contributed by atoms with Gasteiger partial charge in [-0.1, -0.05) is 112 Å². The van der Waals surface area contributed by atoms with Crippen LogP contribution in [0.25, 0.3) is 22.3 Å². The van der Waals surface area contributed by atoms with E-state index in [9.17, 15) is 24.3 Å². The molecule has 2 aromatic carbocycles. The lowest BCUT2D eigenvalue weighted by Gasteiger charge is -2.37. The average Bonchev–Trinajstić information content (AvgIpc) is 3.69. The van der Waals surface area contributed by atoms with E-state index in [0.717, 1.165) is 103 Å². The van der Waals surface area contributed by atoms with Crippen LogP contribution in [0.1, 0.15) is 204 Å². The van der Waals surface area contributed by atoms with Gasteiger partial charge in [0.25, 0.3) is 5.56 Å². The molecule has 4 atom stereocenters. The van der Waals surface area contributed by atoms with Gasteiger partial charge in [-0.25, -0.2) is 9.78 Å². The fourth-order valence-corrected chi connectivity index (χ4v) is 11.1. The fourth-order valence-electron chi connectivity index (χ4n) is 11.1. The number of pyridine rings is 2. The summed E-state index contributed by atoms with van der Waals surface area (Å²) in [5.74, 6) is 3.14. The molecule has 70 heavy (non-hydrogen) atoms. The zero-order valence-corrected chi connectivity index (χ0v) is 43.6. The van der Waals surface area contributed by atoms with Crippen LogP contribution in [0, 0.1) is 24.7 Å². The maximum atomic E-state index is 13.7. The molecule has 11 nitrogen and oxygen atoms in total. The van der Waals surface area contributed by atoms with Crippen molar-refractivity contribution in [3.63, 3.8) is 0 Å². The Morgan fingerprint density at radius 3 is 2.10 bits per heavy atom. The maximum Gasteiger partial charge on any atom is 0.343 e. The Balaban J connectivity index is 0.789. The molecule has 11 heteroatoms. The third kappa shape index (κ3) is 12.5. The molecule has 0 unspecified atom stereocenters. The predicted octanol–water partition coefficient (Wildman–Crippen LogP) is 13.1. The van der Waals surface area contributed by atoms with Crippen molar-refractivity contribution >= 4 is 28.8 Å². The van der Waals surface area contributed by atoms with Crippen LogP contribution >= 0.6 is 0 Å². The highest BCUT2D eigenvalue weighted by atomic mass is 16.6. The number of aromatic nitrogens is 2. The van der Waals surface area contributed by atoms with Gasteiger partial charge in [-0.3, -0.25) is 14.4 Å². The summed E-state index contributed by atoms with van der Waals surface area (Å²) in [6.45, 7) is 17.6. The van der Waals surface area contributed by atoms with Crippen LogP contribution in [0.3, 0.4) is 0 Å². The Kier molecular flexibility index (Phi) is 17.7. The van der Waals surface area contributed by atoms with E-state index >= 15 is 0 Å². The molecule has 380 valence electrons. The molecule has 0 saturated heterocycles. The number of carbonyl (C=O) groups is 3. The van der Waals surface area contributed by atoms with E-state index in [1.165, 1.54) is 51.4 Å². The second kappa shape index (κ2) is 23.5. The monoisotopic (exact) mass is 961 g/mol. The molecule has 0 radical (unpaired) electrons. The van der Waals surface area contributed by atoms with Gasteiger partial charge in [0.05, 0.1) is 29.0 Å². The highest BCUT2D eigenvalue weighted by Crippen LogP contribution is 2.43. The van der Waals surface area contributed by atoms with Gasteiger partial charge in [-0.15, -0.1) is 0 Å². The van der Waals surface area contributed by atoms with Crippen molar-refractivity contribution in [3.05, 3.63) is 80.1 Å². The minimum absolute atomic E-state index is 0.0771. The Morgan fingerprint density at radius 1 is 0.800 bits per heavy atom. The van der Waals surface area contributed by atoms with Gasteiger partial charge in [0.2, 0.25) is 0 Å². The number of aliphatic hydroxyl groups is 1. The lowest BCUT2D eigenvalue weighted by molar-refractivity contribution is -0.172. The van der Waals surface area contributed by atoms with Gasteiger partial charge < -0.3 is 28.6 Å². The van der Waals surface area contributed by atoms with Crippen LogP contribution < -0.4 is 19.8 Å². The molecule has 0 saturated carbocycles. The number of unbranched alkanes of at least 4 members (excludes halogenated alkanes) is 5. The number of aryl methyl sites for hydroxylation is 3. The van der Waals surface area contributed by atoms with E-state index in [0.29, 0.717) is 60.6 Å². The lowest BCUT2D eigenvalue weighted by Crippen LogP contribution is -2.44. The second-order valence-corrected chi connectivity index (χ2v) is 21.8. The summed E-state index contributed by atoms with van der Waals surface area (Å²) in [6, 6.07) is 11.1. The minimum atomic E-state index is -1.89. The van der Waals surface area contributed by atoms with Crippen molar-refractivity contribution in [2.45, 2.75) is 215 Å². The number of esters is 3. The largest absolute Gasteiger partial charge is 0.487 e. The van der Waals surface area contributed by atoms with Crippen LogP contribution in [0.2, 0.25) is 0 Å². The normalized spacial score (nSPS) is 18.9. The molecule has 5 heterocycles. The number of cyclic esters (lactones) is 1. The standard InChI is InChI=1S/C59H80N2O9/c1-9-45-46-34-43(27-28-50(46)60-54-47(45)36-61-51(54)35-49-48(56(61)64)37-67-57(65)59(49,66)10-2)68-52(62)25-15-13-11-12-14-16-26-53(63)69-44-32-41(7)55-42(33-44)29-31-58(8,70-55)30-19-24-40(6)23-18-22-39(5)21-17-20-38(3)4/h27-28,32-35,38-40,66H,9-26,29-31,36-37H2,1-8H3/t39-,40-,58-,59+/m1/s1. The molecule has 0 fully saturated rings. The molecule has 7 rings (SSSR count). The van der Waals surface area contributed by atoms with Crippen LogP contribution in [0.5, 0.6) is 17.2 Å². The zero-order chi connectivity index (χ0) is 50.2. The van der Waals surface area contributed by atoms with Crippen molar-refractivity contribution in [1.29, 1.82) is 0 Å². The number of benzene rings is 2. The molecule has 3 aliphatic rings. The maximum absolute atomic E-state index is 13.7. The lowest BCUT2D eigenvalue weighted by atomic mass is 9.85. The molecule has 0 amide bonds. The van der Waals surface area contributed by atoms with E-state index in [4.69, 9.17) is 23.9 Å². The van der Waals surface area contributed by atoms with Crippen LogP contribution in [-0.2, 0) is 50.7 Å². The minimum Gasteiger partial charge on any atom is -0.487 e. The Morgan fingerprint density at radius 2 is 1.44 bits per heavy atom. The van der Waals surface area contributed by atoms with Crippen molar-refractivity contribution in [3.8, 4) is 28.6 Å². The van der Waals surface area contributed by atoms with Gasteiger partial charge >= 0.3 is 17.9 Å². The highest BCUT2D eigenvalue weighted by molar-refractivity contribution is 5.90. The number of fused-ring (bicyclic) bond motifs is 6. The van der Waals surface area contributed by atoms with Crippen molar-refractivity contribution in [1.82, 2.24) is 9.55 Å². The molecule has 2 aromatic heterocycles. The summed E-state index contributed by atoms with van der Waals surface area (Å²) in [4.78, 5) is 57.0. The molecule has 0 aliphatic carbocycles. The fraction of sp³-hybridized carbons (Fsp3) is 0.610. The predicted molar refractivity (Wildman–Crippen MR) is 275 cm³/mol. The second-order valence-electron chi connectivity index (χ2n) is 21.8. The molecule has 0 spiro atoms. The van der Waals surface area contributed by atoms with E-state index in [1.807, 2.05) is 31.2 Å². The Hall–Kier alpha value is -5.03. The zero-order valence-electron chi connectivity index (χ0n) is 43.6. The molecular weight excluding hydrogens is 881 g/mol. The first-order chi connectivity index (χ1) is 33.5. The van der Waals surface area contributed by atoms with Gasteiger partial charge in [-0.05, 0) is 136 Å². The van der Waals surface area contributed by atoms with E-state index in [1.54, 1.807) is 23.6 Å². The van der Waals surface area contributed by atoms with Gasteiger partial charge in [0.15, 0.2) is 5.60 Å². The Bertz CT molecular complexity index is 2580. The molecule has 4 aromatic rings. The number of hydrogen-bond donors (Lipinski definition) is 1. The highest BCUT2D eigenvalue weighted by Gasteiger charge is 2.45. The number of nitrogens with zero attached hydrogens (tertiary/aromatic N) is 2. The van der Waals surface area contributed by atoms with Crippen LogP contribution in [0.4, 0.5) is 0 Å². The van der Waals surface area contributed by atoms with Crippen molar-refractivity contribution in [2.24, 2.45) is 17.8 Å².